The normalized spacial score (nSPS) is 37.7. The lowest BCUT2D eigenvalue weighted by Gasteiger charge is -2.62. The summed E-state index contributed by atoms with van der Waals surface area (Å²) in [6.07, 6.45) is 8.58. The van der Waals surface area contributed by atoms with Gasteiger partial charge in [-0.2, -0.15) is 0 Å². The second-order valence-corrected chi connectivity index (χ2v) is 8.12. The van der Waals surface area contributed by atoms with Gasteiger partial charge in [-0.25, -0.2) is 9.59 Å². The minimum absolute atomic E-state index is 0.517. The van der Waals surface area contributed by atoms with Gasteiger partial charge in [0, 0.05) is 22.5 Å². The number of aliphatic carboxylic acids is 2. The molecule has 0 aromatic heterocycles. The zero-order valence-corrected chi connectivity index (χ0v) is 15.3. The van der Waals surface area contributed by atoms with Crippen molar-refractivity contribution < 1.29 is 19.8 Å². The van der Waals surface area contributed by atoms with Crippen LogP contribution in [0.2, 0.25) is 0 Å². The van der Waals surface area contributed by atoms with Gasteiger partial charge in [0.05, 0.1) is 0 Å². The Kier molecular flexibility index (Phi) is 5.89. The van der Waals surface area contributed by atoms with E-state index >= 15 is 0 Å². The summed E-state index contributed by atoms with van der Waals surface area (Å²) in [6, 6.07) is 0. The summed E-state index contributed by atoms with van der Waals surface area (Å²) in [6.45, 7) is 3.51. The SMILES string of the molecule is CCN(C)C12CC3CC(CC(C3)C1Br)C2.O=C(O)/C=C\C(=O)O. The number of rotatable bonds is 4. The third-order valence-electron chi connectivity index (χ3n) is 5.75. The molecule has 4 aliphatic rings. The summed E-state index contributed by atoms with van der Waals surface area (Å²) in [5.74, 6) is 0.556. The number of carboxylic acid groups (broad SMARTS) is 2. The van der Waals surface area contributed by atoms with Crippen molar-refractivity contribution in [1.29, 1.82) is 0 Å². The van der Waals surface area contributed by atoms with Crippen molar-refractivity contribution in [3.8, 4) is 0 Å². The molecule has 0 heterocycles. The summed E-state index contributed by atoms with van der Waals surface area (Å²) in [5, 5.41) is 15.6. The monoisotopic (exact) mass is 387 g/mol. The standard InChI is InChI=1S/C13H22BrN.C4H4O4/c1-3-15(2)13-7-9-4-10(8-13)6-11(5-9)12(13)14;5-3(6)1-2-4(7)8/h9-12H,3-8H2,1-2H3;1-2H,(H,5,6)(H,7,8)/b;2-1-. The van der Waals surface area contributed by atoms with E-state index in [0.717, 1.165) is 22.6 Å². The molecule has 4 aliphatic carbocycles. The minimum Gasteiger partial charge on any atom is -0.478 e. The number of halogens is 1. The smallest absolute Gasteiger partial charge is 0.328 e. The van der Waals surface area contributed by atoms with E-state index < -0.39 is 11.9 Å². The van der Waals surface area contributed by atoms with Crippen LogP contribution in [0, 0.1) is 17.8 Å². The van der Waals surface area contributed by atoms with Gasteiger partial charge in [0.15, 0.2) is 0 Å². The summed E-state index contributed by atoms with van der Waals surface area (Å²) >= 11 is 4.04. The molecular weight excluding hydrogens is 362 g/mol. The highest BCUT2D eigenvalue weighted by Crippen LogP contribution is 2.59. The molecular formula is C17H26BrNO4. The Morgan fingerprint density at radius 2 is 1.61 bits per heavy atom. The van der Waals surface area contributed by atoms with Gasteiger partial charge in [-0.3, -0.25) is 4.90 Å². The van der Waals surface area contributed by atoms with Crippen molar-refractivity contribution in [2.24, 2.45) is 17.8 Å². The minimum atomic E-state index is -1.26. The molecule has 4 saturated carbocycles. The average molecular weight is 388 g/mol. The highest BCUT2D eigenvalue weighted by atomic mass is 79.9. The highest BCUT2D eigenvalue weighted by molar-refractivity contribution is 9.09. The van der Waals surface area contributed by atoms with Gasteiger partial charge in [-0.1, -0.05) is 22.9 Å². The first-order valence-electron chi connectivity index (χ1n) is 8.27. The Morgan fingerprint density at radius 3 is 2.00 bits per heavy atom. The largest absolute Gasteiger partial charge is 0.478 e. The molecule has 3 atom stereocenters. The van der Waals surface area contributed by atoms with Crippen LogP contribution in [0.4, 0.5) is 0 Å². The number of carbonyl (C=O) groups is 2. The van der Waals surface area contributed by atoms with Gasteiger partial charge in [0.2, 0.25) is 0 Å². The molecule has 0 saturated heterocycles. The van der Waals surface area contributed by atoms with Gasteiger partial charge >= 0.3 is 11.9 Å². The van der Waals surface area contributed by atoms with Crippen molar-refractivity contribution in [3.63, 3.8) is 0 Å². The second kappa shape index (κ2) is 7.34. The van der Waals surface area contributed by atoms with Crippen LogP contribution in [-0.2, 0) is 9.59 Å². The van der Waals surface area contributed by atoms with E-state index in [1.165, 1.54) is 38.6 Å². The molecule has 3 unspecified atom stereocenters. The third-order valence-corrected chi connectivity index (χ3v) is 7.35. The quantitative estimate of drug-likeness (QED) is 0.572. The number of hydrogen-bond donors (Lipinski definition) is 2. The predicted octanol–water partition coefficient (Wildman–Crippen LogP) is 2.99. The number of carboxylic acids is 2. The van der Waals surface area contributed by atoms with Gasteiger partial charge < -0.3 is 10.2 Å². The first kappa shape index (κ1) is 18.5. The van der Waals surface area contributed by atoms with Crippen LogP contribution in [0.1, 0.15) is 39.0 Å². The molecule has 6 heteroatoms. The molecule has 0 spiro atoms. The zero-order valence-electron chi connectivity index (χ0n) is 13.7. The Bertz CT molecular complexity index is 463. The van der Waals surface area contributed by atoms with Crippen molar-refractivity contribution in [2.45, 2.75) is 49.4 Å². The Labute approximate surface area is 145 Å². The lowest BCUT2D eigenvalue weighted by atomic mass is 9.52. The third kappa shape index (κ3) is 3.97. The van der Waals surface area contributed by atoms with Crippen LogP contribution in [-0.4, -0.2) is 51.0 Å². The molecule has 5 nitrogen and oxygen atoms in total. The average Bonchev–Trinajstić information content (AvgIpc) is 2.49. The number of nitrogens with zero attached hydrogens (tertiary/aromatic N) is 1. The van der Waals surface area contributed by atoms with E-state index in [1.54, 1.807) is 0 Å². The lowest BCUT2D eigenvalue weighted by molar-refractivity contribution is -0.134. The zero-order chi connectivity index (χ0) is 17.2. The molecule has 0 radical (unpaired) electrons. The van der Waals surface area contributed by atoms with Gasteiger partial charge in [0.25, 0.3) is 0 Å². The predicted molar refractivity (Wildman–Crippen MR) is 91.7 cm³/mol. The van der Waals surface area contributed by atoms with E-state index in [0.29, 0.717) is 17.7 Å². The van der Waals surface area contributed by atoms with Crippen molar-refractivity contribution in [3.05, 3.63) is 12.2 Å². The Hall–Kier alpha value is -0.880. The fraction of sp³-hybridized carbons (Fsp3) is 0.765. The summed E-state index contributed by atoms with van der Waals surface area (Å²) in [7, 11) is 2.33. The summed E-state index contributed by atoms with van der Waals surface area (Å²) in [4.78, 5) is 22.5. The molecule has 0 aromatic rings. The molecule has 2 N–H and O–H groups in total. The Balaban J connectivity index is 0.000000207. The fourth-order valence-electron chi connectivity index (χ4n) is 4.92. The molecule has 0 aromatic carbocycles. The first-order valence-corrected chi connectivity index (χ1v) is 9.19. The van der Waals surface area contributed by atoms with Crippen molar-refractivity contribution in [1.82, 2.24) is 4.90 Å². The lowest BCUT2D eigenvalue weighted by Crippen LogP contribution is -2.65. The van der Waals surface area contributed by atoms with Crippen LogP contribution < -0.4 is 0 Å². The van der Waals surface area contributed by atoms with Crippen LogP contribution in [0.5, 0.6) is 0 Å². The number of alkyl halides is 1. The van der Waals surface area contributed by atoms with Crippen LogP contribution >= 0.6 is 15.9 Å². The van der Waals surface area contributed by atoms with E-state index in [-0.39, 0.29) is 0 Å². The van der Waals surface area contributed by atoms with Gasteiger partial charge in [-0.15, -0.1) is 0 Å². The number of hydrogen-bond acceptors (Lipinski definition) is 3. The molecule has 23 heavy (non-hydrogen) atoms. The van der Waals surface area contributed by atoms with E-state index in [1.807, 2.05) is 0 Å². The van der Waals surface area contributed by atoms with Crippen molar-refractivity contribution in [2.75, 3.05) is 13.6 Å². The highest BCUT2D eigenvalue weighted by Gasteiger charge is 2.57. The summed E-state index contributed by atoms with van der Waals surface area (Å²) in [5.41, 5.74) is 0.517. The molecule has 130 valence electrons. The van der Waals surface area contributed by atoms with Crippen LogP contribution in [0.25, 0.3) is 0 Å². The maximum atomic E-state index is 9.55. The summed E-state index contributed by atoms with van der Waals surface area (Å²) < 4.78 is 0. The maximum Gasteiger partial charge on any atom is 0.328 e. The van der Waals surface area contributed by atoms with Gasteiger partial charge in [-0.05, 0) is 63.5 Å². The van der Waals surface area contributed by atoms with E-state index in [9.17, 15) is 9.59 Å². The Morgan fingerprint density at radius 1 is 1.13 bits per heavy atom. The maximum absolute atomic E-state index is 9.55. The van der Waals surface area contributed by atoms with Crippen molar-refractivity contribution >= 4 is 27.9 Å². The molecule has 4 fully saturated rings. The van der Waals surface area contributed by atoms with E-state index in [4.69, 9.17) is 10.2 Å². The second-order valence-electron chi connectivity index (χ2n) is 7.14. The van der Waals surface area contributed by atoms with E-state index in [2.05, 4.69) is 34.8 Å². The molecule has 0 amide bonds. The van der Waals surface area contributed by atoms with Crippen LogP contribution in [0.15, 0.2) is 12.2 Å². The van der Waals surface area contributed by atoms with Gasteiger partial charge in [0.1, 0.15) is 0 Å². The molecule has 0 aliphatic heterocycles. The first-order chi connectivity index (χ1) is 10.8. The fourth-order valence-corrected chi connectivity index (χ4v) is 6.07. The topological polar surface area (TPSA) is 77.8 Å². The molecule has 4 bridgehead atoms. The van der Waals surface area contributed by atoms with Crippen LogP contribution in [0.3, 0.4) is 0 Å². The molecule has 4 rings (SSSR count).